The lowest BCUT2D eigenvalue weighted by molar-refractivity contribution is 1.21. The average Bonchev–Trinajstić information content (AvgIpc) is 2.25. The van der Waals surface area contributed by atoms with E-state index < -0.39 is 0 Å². The van der Waals surface area contributed by atoms with Crippen molar-refractivity contribution in [2.75, 3.05) is 5.32 Å². The maximum atomic E-state index is 11.5. The van der Waals surface area contributed by atoms with Crippen molar-refractivity contribution in [1.29, 1.82) is 0 Å². The van der Waals surface area contributed by atoms with Crippen molar-refractivity contribution < 1.29 is 0 Å². The highest BCUT2D eigenvalue weighted by molar-refractivity contribution is 7.07. The highest BCUT2D eigenvalue weighted by Crippen LogP contribution is 2.11. The zero-order valence-electron chi connectivity index (χ0n) is 8.23. The summed E-state index contributed by atoms with van der Waals surface area (Å²) in [5.74, 6) is 0.395. The number of benzene rings is 1. The summed E-state index contributed by atoms with van der Waals surface area (Å²) in [5.41, 5.74) is 1.72. The van der Waals surface area contributed by atoms with Crippen LogP contribution in [0.15, 0.2) is 40.5 Å². The molecular weight excluding hydrogens is 208 g/mol. The van der Waals surface area contributed by atoms with Crippen molar-refractivity contribution in [2.24, 2.45) is 0 Å². The Balaban J connectivity index is 2.32. The third kappa shape index (κ3) is 2.41. The summed E-state index contributed by atoms with van der Waals surface area (Å²) >= 11 is 1.16. The van der Waals surface area contributed by atoms with Crippen molar-refractivity contribution in [2.45, 2.75) is 6.92 Å². The first-order valence-electron chi connectivity index (χ1n) is 4.54. The molecule has 1 aromatic heterocycles. The SMILES string of the molecule is Cc1csc(=O)c(Nc2ccccc2)n1. The molecule has 1 aromatic carbocycles. The number of hydrogen-bond acceptors (Lipinski definition) is 4. The van der Waals surface area contributed by atoms with Crippen LogP contribution in [0.5, 0.6) is 0 Å². The molecule has 0 spiro atoms. The molecule has 15 heavy (non-hydrogen) atoms. The van der Waals surface area contributed by atoms with Crippen LogP contribution in [0, 0.1) is 6.92 Å². The topological polar surface area (TPSA) is 42.0 Å². The molecule has 1 heterocycles. The molecule has 1 N–H and O–H groups in total. The van der Waals surface area contributed by atoms with Gasteiger partial charge in [-0.1, -0.05) is 29.5 Å². The van der Waals surface area contributed by atoms with Gasteiger partial charge in [-0.05, 0) is 19.1 Å². The molecule has 2 rings (SSSR count). The van der Waals surface area contributed by atoms with Crippen molar-refractivity contribution in [3.05, 3.63) is 50.9 Å². The lowest BCUT2D eigenvalue weighted by Gasteiger charge is -2.03. The first-order chi connectivity index (χ1) is 7.25. The standard InChI is InChI=1S/C11H10N2OS/c1-8-7-15-11(14)10(12-8)13-9-5-3-2-4-6-9/h2-7H,1H3,(H,12,13). The fourth-order valence-electron chi connectivity index (χ4n) is 1.18. The lowest BCUT2D eigenvalue weighted by atomic mass is 10.3. The third-order valence-corrected chi connectivity index (χ3v) is 2.72. The predicted octanol–water partition coefficient (Wildman–Crippen LogP) is 2.56. The fourth-order valence-corrected chi connectivity index (χ4v) is 1.72. The molecular formula is C11H10N2OS. The molecule has 0 aliphatic rings. The van der Waals surface area contributed by atoms with Gasteiger partial charge in [-0.15, -0.1) is 0 Å². The van der Waals surface area contributed by atoms with Gasteiger partial charge in [0.15, 0.2) is 5.82 Å². The molecule has 0 atom stereocenters. The molecule has 0 bridgehead atoms. The van der Waals surface area contributed by atoms with Crippen LogP contribution in [-0.2, 0) is 0 Å². The number of nitrogens with zero attached hydrogens (tertiary/aromatic N) is 1. The van der Waals surface area contributed by atoms with E-state index in [-0.39, 0.29) is 4.74 Å². The van der Waals surface area contributed by atoms with Gasteiger partial charge in [-0.3, -0.25) is 4.79 Å². The van der Waals surface area contributed by atoms with Crippen LogP contribution >= 0.6 is 11.3 Å². The van der Waals surface area contributed by atoms with E-state index in [0.29, 0.717) is 5.82 Å². The van der Waals surface area contributed by atoms with Gasteiger partial charge >= 0.3 is 0 Å². The normalized spacial score (nSPS) is 9.93. The predicted molar refractivity (Wildman–Crippen MR) is 62.8 cm³/mol. The van der Waals surface area contributed by atoms with Gasteiger partial charge in [0.1, 0.15) is 0 Å². The molecule has 76 valence electrons. The Morgan fingerprint density at radius 1 is 1.27 bits per heavy atom. The van der Waals surface area contributed by atoms with Gasteiger partial charge in [0, 0.05) is 16.8 Å². The number of aryl methyl sites for hydroxylation is 1. The Labute approximate surface area is 91.4 Å². The summed E-state index contributed by atoms with van der Waals surface area (Å²) in [4.78, 5) is 15.6. The van der Waals surface area contributed by atoms with Gasteiger partial charge in [-0.2, -0.15) is 0 Å². The monoisotopic (exact) mass is 218 g/mol. The minimum atomic E-state index is -0.0514. The number of rotatable bonds is 2. The number of anilines is 2. The zero-order valence-corrected chi connectivity index (χ0v) is 9.04. The first kappa shape index (κ1) is 9.86. The Bertz CT molecular complexity index is 507. The Kier molecular flexibility index (Phi) is 2.78. The molecule has 0 unspecified atom stereocenters. The molecule has 2 aromatic rings. The van der Waals surface area contributed by atoms with Crippen LogP contribution in [0.3, 0.4) is 0 Å². The largest absolute Gasteiger partial charge is 0.336 e. The van der Waals surface area contributed by atoms with Gasteiger partial charge < -0.3 is 5.32 Å². The van der Waals surface area contributed by atoms with Gasteiger partial charge in [-0.25, -0.2) is 4.98 Å². The van der Waals surface area contributed by atoms with Crippen molar-refractivity contribution >= 4 is 22.8 Å². The van der Waals surface area contributed by atoms with Crippen LogP contribution in [0.25, 0.3) is 0 Å². The van der Waals surface area contributed by atoms with Gasteiger partial charge in [0.2, 0.25) is 0 Å². The van der Waals surface area contributed by atoms with E-state index in [1.54, 1.807) is 5.38 Å². The van der Waals surface area contributed by atoms with Gasteiger partial charge in [0.25, 0.3) is 4.74 Å². The second-order valence-corrected chi connectivity index (χ2v) is 3.96. The van der Waals surface area contributed by atoms with E-state index in [1.807, 2.05) is 37.3 Å². The van der Waals surface area contributed by atoms with Crippen LogP contribution in [0.2, 0.25) is 0 Å². The van der Waals surface area contributed by atoms with Crippen molar-refractivity contribution in [3.63, 3.8) is 0 Å². The van der Waals surface area contributed by atoms with Gasteiger partial charge in [0.05, 0.1) is 0 Å². The van der Waals surface area contributed by atoms with Crippen LogP contribution < -0.4 is 10.1 Å². The summed E-state index contributed by atoms with van der Waals surface area (Å²) in [6, 6.07) is 9.54. The van der Waals surface area contributed by atoms with Crippen LogP contribution in [-0.4, -0.2) is 4.98 Å². The summed E-state index contributed by atoms with van der Waals surface area (Å²) in [6.45, 7) is 1.87. The smallest absolute Gasteiger partial charge is 0.275 e. The molecule has 0 amide bonds. The van der Waals surface area contributed by atoms with Crippen molar-refractivity contribution in [3.8, 4) is 0 Å². The average molecular weight is 218 g/mol. The van der Waals surface area contributed by atoms with E-state index in [0.717, 1.165) is 22.7 Å². The number of aromatic nitrogens is 1. The Morgan fingerprint density at radius 3 is 2.73 bits per heavy atom. The molecule has 0 fully saturated rings. The molecule has 0 aliphatic carbocycles. The summed E-state index contributed by atoms with van der Waals surface area (Å²) in [6.07, 6.45) is 0. The summed E-state index contributed by atoms with van der Waals surface area (Å²) < 4.78 is -0.0514. The maximum absolute atomic E-state index is 11.5. The molecule has 4 heteroatoms. The highest BCUT2D eigenvalue weighted by Gasteiger charge is 2.01. The first-order valence-corrected chi connectivity index (χ1v) is 5.42. The third-order valence-electron chi connectivity index (χ3n) is 1.85. The molecule has 0 saturated carbocycles. The molecule has 3 nitrogen and oxygen atoms in total. The minimum absolute atomic E-state index is 0.0514. The number of nitrogens with one attached hydrogen (secondary N) is 1. The fraction of sp³-hybridized carbons (Fsp3) is 0.0909. The zero-order chi connectivity index (χ0) is 10.7. The van der Waals surface area contributed by atoms with Crippen LogP contribution in [0.1, 0.15) is 5.69 Å². The molecule has 0 saturated heterocycles. The van der Waals surface area contributed by atoms with E-state index in [1.165, 1.54) is 0 Å². The maximum Gasteiger partial charge on any atom is 0.275 e. The van der Waals surface area contributed by atoms with Crippen LogP contribution in [0.4, 0.5) is 11.5 Å². The molecule has 0 radical (unpaired) electrons. The number of hydrogen-bond donors (Lipinski definition) is 1. The van der Waals surface area contributed by atoms with E-state index >= 15 is 0 Å². The quantitative estimate of drug-likeness (QED) is 0.842. The second kappa shape index (κ2) is 4.23. The summed E-state index contributed by atoms with van der Waals surface area (Å²) in [5, 5.41) is 4.75. The Morgan fingerprint density at radius 2 is 2.00 bits per heavy atom. The van der Waals surface area contributed by atoms with E-state index in [2.05, 4.69) is 10.3 Å². The number of para-hydroxylation sites is 1. The van der Waals surface area contributed by atoms with Crippen molar-refractivity contribution in [1.82, 2.24) is 4.98 Å². The highest BCUT2D eigenvalue weighted by atomic mass is 32.1. The van der Waals surface area contributed by atoms with E-state index in [4.69, 9.17) is 0 Å². The van der Waals surface area contributed by atoms with E-state index in [9.17, 15) is 4.79 Å². The lowest BCUT2D eigenvalue weighted by Crippen LogP contribution is -2.07. The molecule has 0 aliphatic heterocycles. The summed E-state index contributed by atoms with van der Waals surface area (Å²) in [7, 11) is 0. The minimum Gasteiger partial charge on any atom is -0.336 e. The second-order valence-electron chi connectivity index (χ2n) is 3.12. The Hall–Kier alpha value is -1.68.